The Balaban J connectivity index is 1.79. The number of likely N-dealkylation sites (tertiary alicyclic amines) is 1. The van der Waals surface area contributed by atoms with E-state index in [4.69, 9.17) is 0 Å². The van der Waals surface area contributed by atoms with Crippen molar-refractivity contribution >= 4 is 6.09 Å². The number of hydrogen-bond donors (Lipinski definition) is 0. The predicted octanol–water partition coefficient (Wildman–Crippen LogP) is 2.42. The van der Waals surface area contributed by atoms with Crippen LogP contribution in [0.4, 0.5) is 18.0 Å². The molecule has 3 nitrogen and oxygen atoms in total. The fraction of sp³-hybridized carbons (Fsp3) is 0.900. The van der Waals surface area contributed by atoms with Crippen molar-refractivity contribution in [2.45, 2.75) is 25.4 Å². The van der Waals surface area contributed by atoms with E-state index < -0.39 is 18.9 Å². The monoisotopic (exact) mass is 237 g/mol. The number of hydrogen-bond acceptors (Lipinski definition) is 2. The molecule has 1 heterocycles. The van der Waals surface area contributed by atoms with Crippen LogP contribution in [0.2, 0.25) is 0 Å². The van der Waals surface area contributed by atoms with E-state index in [1.165, 1.54) is 11.3 Å². The van der Waals surface area contributed by atoms with Gasteiger partial charge in [0, 0.05) is 13.1 Å². The van der Waals surface area contributed by atoms with Crippen LogP contribution in [0.1, 0.15) is 19.3 Å². The van der Waals surface area contributed by atoms with E-state index in [9.17, 15) is 18.0 Å². The van der Waals surface area contributed by atoms with Gasteiger partial charge in [0.05, 0.1) is 0 Å². The van der Waals surface area contributed by atoms with Crippen LogP contribution < -0.4 is 0 Å². The van der Waals surface area contributed by atoms with Crippen LogP contribution in [-0.4, -0.2) is 36.9 Å². The first kappa shape index (κ1) is 11.5. The molecule has 1 saturated carbocycles. The van der Waals surface area contributed by atoms with Crippen LogP contribution in [-0.2, 0) is 4.74 Å². The van der Waals surface area contributed by atoms with Gasteiger partial charge in [0.1, 0.15) is 0 Å². The SMILES string of the molecule is O=C(OCC(F)(F)F)N1CC2CCCC2C1. The molecule has 2 fully saturated rings. The highest BCUT2D eigenvalue weighted by molar-refractivity contribution is 5.68. The molecule has 6 heteroatoms. The van der Waals surface area contributed by atoms with Crippen LogP contribution in [0.5, 0.6) is 0 Å². The summed E-state index contributed by atoms with van der Waals surface area (Å²) < 4.78 is 39.7. The number of rotatable bonds is 1. The van der Waals surface area contributed by atoms with Gasteiger partial charge in [0.2, 0.25) is 0 Å². The van der Waals surface area contributed by atoms with Crippen molar-refractivity contribution in [2.24, 2.45) is 11.8 Å². The van der Waals surface area contributed by atoms with Crippen molar-refractivity contribution < 1.29 is 22.7 Å². The Hall–Kier alpha value is -0.940. The normalized spacial score (nSPS) is 29.3. The van der Waals surface area contributed by atoms with E-state index in [0.717, 1.165) is 12.8 Å². The Kier molecular flexibility index (Phi) is 2.99. The van der Waals surface area contributed by atoms with Crippen molar-refractivity contribution in [1.82, 2.24) is 4.90 Å². The van der Waals surface area contributed by atoms with E-state index in [-0.39, 0.29) is 0 Å². The van der Waals surface area contributed by atoms with Crippen LogP contribution in [0.15, 0.2) is 0 Å². The summed E-state index contributed by atoms with van der Waals surface area (Å²) in [5.74, 6) is 0.942. The average Bonchev–Trinajstić information content (AvgIpc) is 2.71. The Morgan fingerprint density at radius 2 is 1.81 bits per heavy atom. The standard InChI is InChI=1S/C10H14F3NO2/c11-10(12,13)6-16-9(15)14-4-7-2-1-3-8(7)5-14/h7-8H,1-6H2. The number of fused-ring (bicyclic) bond motifs is 1. The van der Waals surface area contributed by atoms with Gasteiger partial charge in [-0.2, -0.15) is 13.2 Å². The molecule has 0 aromatic heterocycles. The number of ether oxygens (including phenoxy) is 1. The molecule has 0 spiro atoms. The summed E-state index contributed by atoms with van der Waals surface area (Å²) in [6.07, 6.45) is -1.94. The van der Waals surface area contributed by atoms with Crippen LogP contribution in [0.25, 0.3) is 0 Å². The molecule has 0 radical (unpaired) electrons. The number of nitrogens with zero attached hydrogens (tertiary/aromatic N) is 1. The van der Waals surface area contributed by atoms with Crippen LogP contribution >= 0.6 is 0 Å². The Labute approximate surface area is 91.5 Å². The summed E-state index contributed by atoms with van der Waals surface area (Å²) in [4.78, 5) is 12.7. The Bertz CT molecular complexity index is 268. The minimum absolute atomic E-state index is 0.471. The summed E-state index contributed by atoms with van der Waals surface area (Å²) in [7, 11) is 0. The number of carbonyl (C=O) groups is 1. The van der Waals surface area contributed by atoms with Gasteiger partial charge in [0.15, 0.2) is 6.61 Å². The zero-order valence-electron chi connectivity index (χ0n) is 8.79. The van der Waals surface area contributed by atoms with Gasteiger partial charge in [-0.05, 0) is 24.7 Å². The lowest BCUT2D eigenvalue weighted by atomic mass is 10.0. The molecule has 2 unspecified atom stereocenters. The first-order chi connectivity index (χ1) is 7.46. The first-order valence-electron chi connectivity index (χ1n) is 5.44. The van der Waals surface area contributed by atoms with E-state index in [0.29, 0.717) is 24.9 Å². The summed E-state index contributed by atoms with van der Waals surface area (Å²) >= 11 is 0. The molecule has 16 heavy (non-hydrogen) atoms. The second kappa shape index (κ2) is 4.14. The maximum Gasteiger partial charge on any atom is 0.422 e. The number of alkyl halides is 3. The molecular weight excluding hydrogens is 223 g/mol. The van der Waals surface area contributed by atoms with Crippen LogP contribution in [0, 0.1) is 11.8 Å². The highest BCUT2D eigenvalue weighted by atomic mass is 19.4. The summed E-state index contributed by atoms with van der Waals surface area (Å²) in [5, 5.41) is 0. The van der Waals surface area contributed by atoms with Gasteiger partial charge < -0.3 is 9.64 Å². The van der Waals surface area contributed by atoms with Crippen LogP contribution in [0.3, 0.4) is 0 Å². The molecule has 92 valence electrons. The second-order valence-corrected chi connectivity index (χ2v) is 4.53. The van der Waals surface area contributed by atoms with E-state index in [1.807, 2.05) is 0 Å². The zero-order chi connectivity index (χ0) is 11.8. The Morgan fingerprint density at radius 1 is 1.25 bits per heavy atom. The molecule has 1 amide bonds. The lowest BCUT2D eigenvalue weighted by Crippen LogP contribution is -2.33. The summed E-state index contributed by atoms with van der Waals surface area (Å²) in [6, 6.07) is 0. The highest BCUT2D eigenvalue weighted by Gasteiger charge is 2.39. The van der Waals surface area contributed by atoms with Gasteiger partial charge in [-0.1, -0.05) is 6.42 Å². The van der Waals surface area contributed by atoms with Gasteiger partial charge in [-0.15, -0.1) is 0 Å². The van der Waals surface area contributed by atoms with Gasteiger partial charge in [0.25, 0.3) is 0 Å². The molecule has 0 aromatic rings. The predicted molar refractivity (Wildman–Crippen MR) is 49.8 cm³/mol. The average molecular weight is 237 g/mol. The number of amides is 1. The molecule has 2 atom stereocenters. The molecule has 0 N–H and O–H groups in total. The zero-order valence-corrected chi connectivity index (χ0v) is 8.79. The largest absolute Gasteiger partial charge is 0.440 e. The molecule has 0 aromatic carbocycles. The second-order valence-electron chi connectivity index (χ2n) is 4.53. The maximum absolute atomic E-state index is 11.8. The minimum Gasteiger partial charge on any atom is -0.440 e. The molecule has 1 saturated heterocycles. The van der Waals surface area contributed by atoms with Crippen molar-refractivity contribution in [3.63, 3.8) is 0 Å². The van der Waals surface area contributed by atoms with Gasteiger partial charge >= 0.3 is 12.3 Å². The molecule has 1 aliphatic heterocycles. The third-order valence-corrected chi connectivity index (χ3v) is 3.34. The summed E-state index contributed by atoms with van der Waals surface area (Å²) in [5.41, 5.74) is 0. The van der Waals surface area contributed by atoms with Crippen molar-refractivity contribution in [3.8, 4) is 0 Å². The molecule has 1 aliphatic carbocycles. The third-order valence-electron chi connectivity index (χ3n) is 3.34. The smallest absolute Gasteiger partial charge is 0.422 e. The summed E-state index contributed by atoms with van der Waals surface area (Å²) in [6.45, 7) is -0.375. The number of carbonyl (C=O) groups excluding carboxylic acids is 1. The molecule has 2 aliphatic rings. The molecular formula is C10H14F3NO2. The van der Waals surface area contributed by atoms with Crippen molar-refractivity contribution in [3.05, 3.63) is 0 Å². The first-order valence-corrected chi connectivity index (χ1v) is 5.44. The lowest BCUT2D eigenvalue weighted by molar-refractivity contribution is -0.162. The third kappa shape index (κ3) is 2.59. The van der Waals surface area contributed by atoms with Gasteiger partial charge in [-0.3, -0.25) is 0 Å². The van der Waals surface area contributed by atoms with E-state index in [1.54, 1.807) is 0 Å². The minimum atomic E-state index is -4.44. The van der Waals surface area contributed by atoms with Crippen molar-refractivity contribution in [2.75, 3.05) is 19.7 Å². The topological polar surface area (TPSA) is 29.5 Å². The van der Waals surface area contributed by atoms with Gasteiger partial charge in [-0.25, -0.2) is 4.79 Å². The van der Waals surface area contributed by atoms with Crippen molar-refractivity contribution in [1.29, 1.82) is 0 Å². The molecule has 0 bridgehead atoms. The lowest BCUT2D eigenvalue weighted by Gasteiger charge is -2.17. The van der Waals surface area contributed by atoms with E-state index >= 15 is 0 Å². The Morgan fingerprint density at radius 3 is 2.31 bits per heavy atom. The quantitative estimate of drug-likeness (QED) is 0.701. The maximum atomic E-state index is 11.8. The highest BCUT2D eigenvalue weighted by Crippen LogP contribution is 2.37. The molecule has 2 rings (SSSR count). The van der Waals surface area contributed by atoms with E-state index in [2.05, 4.69) is 4.74 Å². The number of halogens is 3. The fourth-order valence-corrected chi connectivity index (χ4v) is 2.62. The fourth-order valence-electron chi connectivity index (χ4n) is 2.62.